The zero-order valence-corrected chi connectivity index (χ0v) is 12.4. The normalized spacial score (nSPS) is 10.7. The highest BCUT2D eigenvalue weighted by atomic mass is 32.2. The molecule has 1 N–H and O–H groups in total. The number of aromatic nitrogens is 3. The van der Waals surface area contributed by atoms with E-state index in [0.717, 1.165) is 12.2 Å². The van der Waals surface area contributed by atoms with Crippen LogP contribution in [0.15, 0.2) is 29.4 Å². The summed E-state index contributed by atoms with van der Waals surface area (Å²) in [6, 6.07) is 8.24. The molecule has 0 radical (unpaired) electrons. The van der Waals surface area contributed by atoms with E-state index in [-0.39, 0.29) is 5.75 Å². The molecule has 1 aromatic heterocycles. The highest BCUT2D eigenvalue weighted by Crippen LogP contribution is 2.19. The van der Waals surface area contributed by atoms with Gasteiger partial charge < -0.3 is 9.67 Å². The molecule has 0 unspecified atom stereocenters. The molecule has 6 heteroatoms. The van der Waals surface area contributed by atoms with E-state index < -0.39 is 5.97 Å². The number of carboxylic acids is 1. The fourth-order valence-electron chi connectivity index (χ4n) is 2.00. The van der Waals surface area contributed by atoms with Gasteiger partial charge in [0.15, 0.2) is 5.16 Å². The lowest BCUT2D eigenvalue weighted by atomic mass is 10.1. The largest absolute Gasteiger partial charge is 0.481 e. The average Bonchev–Trinajstić information content (AvgIpc) is 2.78. The van der Waals surface area contributed by atoms with Crippen LogP contribution in [-0.2, 0) is 17.8 Å². The van der Waals surface area contributed by atoms with Crippen molar-refractivity contribution in [1.82, 2.24) is 14.8 Å². The predicted molar refractivity (Wildman–Crippen MR) is 78.0 cm³/mol. The summed E-state index contributed by atoms with van der Waals surface area (Å²) in [7, 11) is 0. The minimum Gasteiger partial charge on any atom is -0.481 e. The molecule has 1 aromatic carbocycles. The first-order valence-corrected chi connectivity index (χ1v) is 7.41. The van der Waals surface area contributed by atoms with Gasteiger partial charge in [0.2, 0.25) is 0 Å². The summed E-state index contributed by atoms with van der Waals surface area (Å²) < 4.78 is 1.96. The van der Waals surface area contributed by atoms with E-state index in [9.17, 15) is 4.79 Å². The lowest BCUT2D eigenvalue weighted by molar-refractivity contribution is -0.133. The van der Waals surface area contributed by atoms with Crippen LogP contribution in [0.1, 0.15) is 23.9 Å². The molecule has 2 aromatic rings. The van der Waals surface area contributed by atoms with E-state index >= 15 is 0 Å². The zero-order valence-electron chi connectivity index (χ0n) is 11.5. The minimum atomic E-state index is -0.851. The Morgan fingerprint density at radius 1 is 1.30 bits per heavy atom. The zero-order chi connectivity index (χ0) is 14.5. The third kappa shape index (κ3) is 3.39. The SMILES string of the molecule is CCc1ccccc1Cn1c(C)nnc1SCC(=O)O. The van der Waals surface area contributed by atoms with Crippen LogP contribution in [0.3, 0.4) is 0 Å². The van der Waals surface area contributed by atoms with Gasteiger partial charge in [-0.1, -0.05) is 43.0 Å². The van der Waals surface area contributed by atoms with Gasteiger partial charge in [-0.2, -0.15) is 0 Å². The summed E-state index contributed by atoms with van der Waals surface area (Å²) in [5.41, 5.74) is 2.50. The van der Waals surface area contributed by atoms with Crippen molar-refractivity contribution >= 4 is 17.7 Å². The number of carboxylic acid groups (broad SMARTS) is 1. The maximum absolute atomic E-state index is 10.7. The summed E-state index contributed by atoms with van der Waals surface area (Å²) in [6.07, 6.45) is 0.967. The fraction of sp³-hybridized carbons (Fsp3) is 0.357. The van der Waals surface area contributed by atoms with Crippen molar-refractivity contribution in [1.29, 1.82) is 0 Å². The molecular weight excluding hydrogens is 274 g/mol. The van der Waals surface area contributed by atoms with Crippen molar-refractivity contribution in [3.05, 3.63) is 41.2 Å². The first-order chi connectivity index (χ1) is 9.61. The maximum Gasteiger partial charge on any atom is 0.313 e. The molecule has 106 valence electrons. The smallest absolute Gasteiger partial charge is 0.313 e. The van der Waals surface area contributed by atoms with Gasteiger partial charge in [0.05, 0.1) is 12.3 Å². The van der Waals surface area contributed by atoms with Crippen molar-refractivity contribution in [2.45, 2.75) is 32.0 Å². The molecule has 0 atom stereocenters. The Bertz CT molecular complexity index is 610. The van der Waals surface area contributed by atoms with Crippen molar-refractivity contribution in [3.8, 4) is 0 Å². The molecule has 2 rings (SSSR count). The highest BCUT2D eigenvalue weighted by Gasteiger charge is 2.12. The van der Waals surface area contributed by atoms with Crippen molar-refractivity contribution < 1.29 is 9.90 Å². The topological polar surface area (TPSA) is 68.0 Å². The molecule has 0 bridgehead atoms. The van der Waals surface area contributed by atoms with Gasteiger partial charge >= 0.3 is 5.97 Å². The molecule has 0 aliphatic carbocycles. The highest BCUT2D eigenvalue weighted by molar-refractivity contribution is 7.99. The molecule has 20 heavy (non-hydrogen) atoms. The number of nitrogens with zero attached hydrogens (tertiary/aromatic N) is 3. The van der Waals surface area contributed by atoms with Crippen LogP contribution in [-0.4, -0.2) is 31.6 Å². The lowest BCUT2D eigenvalue weighted by Crippen LogP contribution is -2.07. The molecule has 1 heterocycles. The molecule has 0 saturated carbocycles. The second-order valence-corrected chi connectivity index (χ2v) is 5.36. The minimum absolute atomic E-state index is 0.00639. The van der Waals surface area contributed by atoms with E-state index in [2.05, 4.69) is 29.3 Å². The van der Waals surface area contributed by atoms with E-state index in [1.54, 1.807) is 0 Å². The van der Waals surface area contributed by atoms with E-state index in [1.165, 1.54) is 22.9 Å². The Morgan fingerprint density at radius 3 is 2.65 bits per heavy atom. The van der Waals surface area contributed by atoms with Crippen LogP contribution >= 0.6 is 11.8 Å². The number of thioether (sulfide) groups is 1. The molecule has 5 nitrogen and oxygen atoms in total. The number of benzene rings is 1. The summed E-state index contributed by atoms with van der Waals surface area (Å²) in [5.74, 6) is -0.0620. The molecule has 0 fully saturated rings. The monoisotopic (exact) mass is 291 g/mol. The second kappa shape index (κ2) is 6.56. The van der Waals surface area contributed by atoms with E-state index in [1.807, 2.05) is 23.6 Å². The fourth-order valence-corrected chi connectivity index (χ4v) is 2.71. The summed E-state index contributed by atoms with van der Waals surface area (Å²) in [6.45, 7) is 4.68. The summed E-state index contributed by atoms with van der Waals surface area (Å²) in [5, 5.41) is 17.5. The van der Waals surface area contributed by atoms with Gasteiger partial charge in [-0.25, -0.2) is 0 Å². The van der Waals surface area contributed by atoms with Gasteiger partial charge in [-0.15, -0.1) is 10.2 Å². The molecule has 0 aliphatic rings. The number of carbonyl (C=O) groups is 1. The predicted octanol–water partition coefficient (Wildman–Crippen LogP) is 2.37. The Kier molecular flexibility index (Phi) is 4.79. The van der Waals surface area contributed by atoms with Crippen LogP contribution in [0.5, 0.6) is 0 Å². The van der Waals surface area contributed by atoms with Crippen LogP contribution in [0.2, 0.25) is 0 Å². The Hall–Kier alpha value is -1.82. The van der Waals surface area contributed by atoms with Gasteiger partial charge in [-0.3, -0.25) is 4.79 Å². The van der Waals surface area contributed by atoms with E-state index in [0.29, 0.717) is 11.7 Å². The second-order valence-electron chi connectivity index (χ2n) is 4.42. The number of hydrogen-bond acceptors (Lipinski definition) is 4. The first-order valence-electron chi connectivity index (χ1n) is 6.43. The van der Waals surface area contributed by atoms with Crippen molar-refractivity contribution in [2.75, 3.05) is 5.75 Å². The molecule has 0 amide bonds. The van der Waals surface area contributed by atoms with Crippen LogP contribution < -0.4 is 0 Å². The van der Waals surface area contributed by atoms with Crippen molar-refractivity contribution in [2.24, 2.45) is 0 Å². The third-order valence-corrected chi connectivity index (χ3v) is 4.01. The van der Waals surface area contributed by atoms with Gasteiger partial charge in [-0.05, 0) is 24.5 Å². The first kappa shape index (κ1) is 14.6. The Labute approximate surface area is 122 Å². The molecule has 0 spiro atoms. The number of aryl methyl sites for hydroxylation is 2. The third-order valence-electron chi connectivity index (χ3n) is 3.05. The Balaban J connectivity index is 2.24. The number of rotatable bonds is 6. The molecule has 0 saturated heterocycles. The average molecular weight is 291 g/mol. The van der Waals surface area contributed by atoms with Crippen LogP contribution in [0.4, 0.5) is 0 Å². The number of aliphatic carboxylic acids is 1. The van der Waals surface area contributed by atoms with Crippen molar-refractivity contribution in [3.63, 3.8) is 0 Å². The van der Waals surface area contributed by atoms with Gasteiger partial charge in [0.1, 0.15) is 5.82 Å². The lowest BCUT2D eigenvalue weighted by Gasteiger charge is -2.11. The van der Waals surface area contributed by atoms with E-state index in [4.69, 9.17) is 5.11 Å². The number of hydrogen-bond donors (Lipinski definition) is 1. The Morgan fingerprint density at radius 2 is 2.00 bits per heavy atom. The van der Waals surface area contributed by atoms with Crippen LogP contribution in [0, 0.1) is 6.92 Å². The standard InChI is InChI=1S/C14H17N3O2S/c1-3-11-6-4-5-7-12(11)8-17-10(2)15-16-14(17)20-9-13(18)19/h4-7H,3,8-9H2,1-2H3,(H,18,19). The quantitative estimate of drug-likeness (QED) is 0.828. The van der Waals surface area contributed by atoms with Gasteiger partial charge in [0, 0.05) is 0 Å². The molecular formula is C14H17N3O2S. The molecule has 0 aliphatic heterocycles. The summed E-state index contributed by atoms with van der Waals surface area (Å²) >= 11 is 1.20. The van der Waals surface area contributed by atoms with Crippen LogP contribution in [0.25, 0.3) is 0 Å². The summed E-state index contributed by atoms with van der Waals surface area (Å²) in [4.78, 5) is 10.7. The maximum atomic E-state index is 10.7. The van der Waals surface area contributed by atoms with Gasteiger partial charge in [0.25, 0.3) is 0 Å².